The summed E-state index contributed by atoms with van der Waals surface area (Å²) < 4.78 is 0. The van der Waals surface area contributed by atoms with E-state index in [0.717, 1.165) is 17.4 Å². The Kier molecular flexibility index (Phi) is 2.61. The molecule has 0 amide bonds. The van der Waals surface area contributed by atoms with Crippen molar-refractivity contribution in [1.29, 1.82) is 0 Å². The molecular weight excluding hydrogens is 210 g/mol. The van der Waals surface area contributed by atoms with Crippen molar-refractivity contribution in [2.24, 2.45) is 0 Å². The van der Waals surface area contributed by atoms with E-state index in [1.165, 1.54) is 16.8 Å². The molecule has 2 rings (SSSR count). The molecule has 2 nitrogen and oxygen atoms in total. The van der Waals surface area contributed by atoms with Gasteiger partial charge in [0.15, 0.2) is 0 Å². The summed E-state index contributed by atoms with van der Waals surface area (Å²) in [6, 6.07) is 3.93. The standard InChI is InChI=1S/C15H19NO/c1-10-6-12(9-17)7-13-11(2)8-15(3,4)16(5)14(10)13/h6-9H,1-5H3. The van der Waals surface area contributed by atoms with Gasteiger partial charge in [0.25, 0.3) is 0 Å². The van der Waals surface area contributed by atoms with Crippen LogP contribution in [-0.2, 0) is 0 Å². The highest BCUT2D eigenvalue weighted by atomic mass is 16.1. The van der Waals surface area contributed by atoms with Crippen molar-refractivity contribution >= 4 is 17.5 Å². The molecule has 2 heteroatoms. The van der Waals surface area contributed by atoms with Gasteiger partial charge in [-0.3, -0.25) is 4.79 Å². The Morgan fingerprint density at radius 2 is 1.88 bits per heavy atom. The van der Waals surface area contributed by atoms with Crippen LogP contribution in [0.25, 0.3) is 5.57 Å². The molecule has 0 N–H and O–H groups in total. The Morgan fingerprint density at radius 3 is 2.47 bits per heavy atom. The second-order valence-corrected chi connectivity index (χ2v) is 5.39. The van der Waals surface area contributed by atoms with Crippen LogP contribution in [0, 0.1) is 6.92 Å². The van der Waals surface area contributed by atoms with Crippen LogP contribution in [0.4, 0.5) is 5.69 Å². The van der Waals surface area contributed by atoms with E-state index < -0.39 is 0 Å². The average molecular weight is 229 g/mol. The summed E-state index contributed by atoms with van der Waals surface area (Å²) in [5.41, 5.74) is 5.59. The minimum atomic E-state index is 0.0184. The number of likely N-dealkylation sites (N-methyl/N-ethyl adjacent to an activating group) is 1. The number of nitrogens with zero attached hydrogens (tertiary/aromatic N) is 1. The Balaban J connectivity index is 2.73. The highest BCUT2D eigenvalue weighted by Crippen LogP contribution is 2.40. The van der Waals surface area contributed by atoms with Gasteiger partial charge in [-0.2, -0.15) is 0 Å². The lowest BCUT2D eigenvalue weighted by Crippen LogP contribution is -2.42. The quantitative estimate of drug-likeness (QED) is 0.687. The van der Waals surface area contributed by atoms with E-state index in [0.29, 0.717) is 0 Å². The lowest BCUT2D eigenvalue weighted by Gasteiger charge is -2.41. The zero-order valence-corrected chi connectivity index (χ0v) is 11.2. The normalized spacial score (nSPS) is 17.5. The summed E-state index contributed by atoms with van der Waals surface area (Å²) in [6.45, 7) is 8.58. The van der Waals surface area contributed by atoms with Gasteiger partial charge in [0.1, 0.15) is 6.29 Å². The van der Waals surface area contributed by atoms with Crippen molar-refractivity contribution in [2.45, 2.75) is 33.2 Å². The minimum Gasteiger partial charge on any atom is -0.365 e. The number of allylic oxidation sites excluding steroid dienone is 1. The van der Waals surface area contributed by atoms with Gasteiger partial charge in [-0.15, -0.1) is 0 Å². The molecule has 1 aromatic rings. The largest absolute Gasteiger partial charge is 0.365 e. The molecule has 90 valence electrons. The minimum absolute atomic E-state index is 0.0184. The molecule has 0 spiro atoms. The third-order valence-corrected chi connectivity index (χ3v) is 3.65. The first kappa shape index (κ1) is 11.9. The third kappa shape index (κ3) is 1.78. The Bertz CT molecular complexity index is 512. The maximum Gasteiger partial charge on any atom is 0.150 e. The highest BCUT2D eigenvalue weighted by Gasteiger charge is 2.29. The number of aryl methyl sites for hydroxylation is 1. The number of hydrogen-bond donors (Lipinski definition) is 0. The summed E-state index contributed by atoms with van der Waals surface area (Å²) in [4.78, 5) is 13.2. The second kappa shape index (κ2) is 3.73. The van der Waals surface area contributed by atoms with Crippen LogP contribution in [0.5, 0.6) is 0 Å². The van der Waals surface area contributed by atoms with Crippen LogP contribution in [0.15, 0.2) is 18.2 Å². The van der Waals surface area contributed by atoms with Crippen LogP contribution >= 0.6 is 0 Å². The molecule has 1 heterocycles. The number of aldehydes is 1. The van der Waals surface area contributed by atoms with E-state index >= 15 is 0 Å². The lowest BCUT2D eigenvalue weighted by atomic mass is 9.87. The molecule has 1 aliphatic rings. The molecule has 0 aromatic heterocycles. The van der Waals surface area contributed by atoms with E-state index in [9.17, 15) is 4.79 Å². The van der Waals surface area contributed by atoms with E-state index in [-0.39, 0.29) is 5.54 Å². The molecule has 0 saturated carbocycles. The molecule has 17 heavy (non-hydrogen) atoms. The van der Waals surface area contributed by atoms with E-state index in [4.69, 9.17) is 0 Å². The monoisotopic (exact) mass is 229 g/mol. The number of hydrogen-bond acceptors (Lipinski definition) is 2. The SMILES string of the molecule is CC1=CC(C)(C)N(C)c2c(C)cc(C=O)cc21. The summed E-state index contributed by atoms with van der Waals surface area (Å²) >= 11 is 0. The smallest absolute Gasteiger partial charge is 0.150 e. The fourth-order valence-electron chi connectivity index (χ4n) is 2.61. The van der Waals surface area contributed by atoms with Gasteiger partial charge in [0.2, 0.25) is 0 Å². The van der Waals surface area contributed by atoms with Gasteiger partial charge in [-0.1, -0.05) is 6.08 Å². The number of rotatable bonds is 1. The fraction of sp³-hybridized carbons (Fsp3) is 0.400. The number of anilines is 1. The average Bonchev–Trinajstić information content (AvgIpc) is 2.24. The van der Waals surface area contributed by atoms with E-state index in [2.05, 4.69) is 45.7 Å². The maximum atomic E-state index is 10.9. The molecule has 0 fully saturated rings. The second-order valence-electron chi connectivity index (χ2n) is 5.39. The van der Waals surface area contributed by atoms with Crippen LogP contribution in [0.3, 0.4) is 0 Å². The third-order valence-electron chi connectivity index (χ3n) is 3.65. The Hall–Kier alpha value is -1.57. The van der Waals surface area contributed by atoms with Gasteiger partial charge < -0.3 is 4.90 Å². The molecule has 1 aromatic carbocycles. The molecule has 0 atom stereocenters. The molecule has 1 aliphatic heterocycles. The zero-order valence-electron chi connectivity index (χ0n) is 11.2. The Labute approximate surface area is 103 Å². The summed E-state index contributed by atoms with van der Waals surface area (Å²) in [5, 5.41) is 0. The molecule has 0 unspecified atom stereocenters. The molecule has 0 radical (unpaired) electrons. The van der Waals surface area contributed by atoms with Crippen molar-refractivity contribution in [3.8, 4) is 0 Å². The molecule has 0 aliphatic carbocycles. The van der Waals surface area contributed by atoms with Gasteiger partial charge in [-0.25, -0.2) is 0 Å². The van der Waals surface area contributed by atoms with Crippen molar-refractivity contribution in [3.63, 3.8) is 0 Å². The number of carbonyl (C=O) groups is 1. The van der Waals surface area contributed by atoms with Crippen molar-refractivity contribution < 1.29 is 4.79 Å². The maximum absolute atomic E-state index is 10.9. The van der Waals surface area contributed by atoms with Gasteiger partial charge in [-0.05, 0) is 51.0 Å². The van der Waals surface area contributed by atoms with Crippen molar-refractivity contribution in [2.75, 3.05) is 11.9 Å². The van der Waals surface area contributed by atoms with Gasteiger partial charge in [0, 0.05) is 23.9 Å². The number of fused-ring (bicyclic) bond motifs is 1. The number of carbonyl (C=O) groups excluding carboxylic acids is 1. The highest BCUT2D eigenvalue weighted by molar-refractivity contribution is 5.87. The summed E-state index contributed by atoms with van der Waals surface area (Å²) in [7, 11) is 2.11. The van der Waals surface area contributed by atoms with Crippen molar-refractivity contribution in [1.82, 2.24) is 0 Å². The topological polar surface area (TPSA) is 20.3 Å². The number of benzene rings is 1. The van der Waals surface area contributed by atoms with E-state index in [1.807, 2.05) is 12.1 Å². The van der Waals surface area contributed by atoms with Crippen LogP contribution in [0.1, 0.15) is 42.3 Å². The first-order chi connectivity index (χ1) is 7.86. The predicted molar refractivity (Wildman–Crippen MR) is 72.7 cm³/mol. The first-order valence-electron chi connectivity index (χ1n) is 5.90. The fourth-order valence-corrected chi connectivity index (χ4v) is 2.61. The van der Waals surface area contributed by atoms with Crippen LogP contribution in [0.2, 0.25) is 0 Å². The predicted octanol–water partition coefficient (Wildman–Crippen LogP) is 3.44. The van der Waals surface area contributed by atoms with Crippen LogP contribution < -0.4 is 4.90 Å². The summed E-state index contributed by atoms with van der Waals surface area (Å²) in [5.74, 6) is 0. The zero-order chi connectivity index (χ0) is 12.8. The summed E-state index contributed by atoms with van der Waals surface area (Å²) in [6.07, 6.45) is 3.17. The lowest BCUT2D eigenvalue weighted by molar-refractivity contribution is 0.112. The van der Waals surface area contributed by atoms with Gasteiger partial charge in [0.05, 0.1) is 5.54 Å². The molecular formula is C15H19NO. The molecule has 0 bridgehead atoms. The van der Waals surface area contributed by atoms with Gasteiger partial charge >= 0.3 is 0 Å². The van der Waals surface area contributed by atoms with Crippen LogP contribution in [-0.4, -0.2) is 18.9 Å². The van der Waals surface area contributed by atoms with Crippen molar-refractivity contribution in [3.05, 3.63) is 34.9 Å². The first-order valence-corrected chi connectivity index (χ1v) is 5.90. The Morgan fingerprint density at radius 1 is 1.24 bits per heavy atom. The molecule has 0 saturated heterocycles. The van der Waals surface area contributed by atoms with E-state index in [1.54, 1.807) is 0 Å².